The Labute approximate surface area is 41.6 Å². The molecule has 3 aliphatic rings. The smallest absolute Gasteiger partial charge is 0.359 e. The van der Waals surface area contributed by atoms with E-state index in [0.29, 0.717) is 11.3 Å². The van der Waals surface area contributed by atoms with Crippen molar-refractivity contribution < 1.29 is 9.30 Å². The highest BCUT2D eigenvalue weighted by molar-refractivity contribution is 7.58. The Kier molecular flexibility index (Phi) is 0.241. The van der Waals surface area contributed by atoms with Gasteiger partial charge in [-0.25, -0.2) is 0 Å². The molecule has 36 valence electrons. The molecule has 2 nitrogen and oxygen atoms in total. The van der Waals surface area contributed by atoms with E-state index < -0.39 is 7.80 Å². The summed E-state index contributed by atoms with van der Waals surface area (Å²) in [6.07, 6.45) is 0. The molecule has 1 spiro atoms. The predicted octanol–water partition coefficient (Wildman–Crippen LogP) is 0.347. The fraction of sp³-hybridized carbons (Fsp3) is 1.00. The maximum absolute atomic E-state index is 10.5. The van der Waals surface area contributed by atoms with E-state index in [4.69, 9.17) is 4.74 Å². The van der Waals surface area contributed by atoms with E-state index in [2.05, 4.69) is 0 Å². The first kappa shape index (κ1) is 3.16. The first-order valence-electron chi connectivity index (χ1n) is 2.46. The molecule has 0 amide bonds. The lowest BCUT2D eigenvalue weighted by Crippen LogP contribution is -1.94. The summed E-state index contributed by atoms with van der Waals surface area (Å²) < 4.78 is 15.5. The molecular weight excluding hydrogens is 111 g/mol. The zero-order chi connectivity index (χ0) is 4.65. The van der Waals surface area contributed by atoms with Crippen LogP contribution < -0.4 is 0 Å². The van der Waals surface area contributed by atoms with Gasteiger partial charge in [-0.05, 0) is 0 Å². The van der Waals surface area contributed by atoms with E-state index in [9.17, 15) is 4.57 Å². The van der Waals surface area contributed by atoms with Crippen LogP contribution in [-0.4, -0.2) is 23.5 Å². The quantitative estimate of drug-likeness (QED) is 0.336. The van der Waals surface area contributed by atoms with Crippen molar-refractivity contribution in [1.82, 2.24) is 0 Å². The Morgan fingerprint density at radius 3 is 2.43 bits per heavy atom. The van der Waals surface area contributed by atoms with Crippen LogP contribution >= 0.6 is 7.80 Å². The molecule has 0 aromatic carbocycles. The Morgan fingerprint density at radius 1 is 1.71 bits per heavy atom. The van der Waals surface area contributed by atoms with Crippen LogP contribution in [0.4, 0.5) is 0 Å². The first-order chi connectivity index (χ1) is 3.36. The van der Waals surface area contributed by atoms with Gasteiger partial charge >= 0.3 is 7.80 Å². The molecule has 2 atom stereocenters. The molecule has 0 aromatic rings. The molecule has 0 N–H and O–H groups in total. The second kappa shape index (κ2) is 0.533. The lowest BCUT2D eigenvalue weighted by atomic mass is 10.5. The Bertz CT molecular complexity index is 159. The van der Waals surface area contributed by atoms with Crippen molar-refractivity contribution in [3.8, 4) is 0 Å². The second-order valence-electron chi connectivity index (χ2n) is 2.49. The van der Waals surface area contributed by atoms with Crippen molar-refractivity contribution in [1.29, 1.82) is 0 Å². The van der Waals surface area contributed by atoms with Gasteiger partial charge in [0.05, 0.1) is 6.61 Å². The minimum atomic E-state index is -0.735. The maximum atomic E-state index is 10.5. The van der Waals surface area contributed by atoms with Crippen LogP contribution in [0.3, 0.4) is 0 Å². The summed E-state index contributed by atoms with van der Waals surface area (Å²) in [5.74, 6) is 0. The van der Waals surface area contributed by atoms with E-state index >= 15 is 0 Å². The highest BCUT2D eigenvalue weighted by Crippen LogP contribution is 2.86. The number of fused-ring (bicyclic) bond motifs is 3. The van der Waals surface area contributed by atoms with Gasteiger partial charge < -0.3 is 4.74 Å². The molecule has 3 rings (SSSR count). The van der Waals surface area contributed by atoms with Gasteiger partial charge in [0.2, 0.25) is 11.3 Å². The fourth-order valence-corrected chi connectivity index (χ4v) is 3.52. The molecule has 1 saturated carbocycles. The van der Waals surface area contributed by atoms with E-state index in [0.717, 1.165) is 6.61 Å². The lowest BCUT2D eigenvalue weighted by molar-refractivity contribution is 0.392. The number of hydrogen-bond acceptors (Lipinski definition) is 2. The van der Waals surface area contributed by atoms with Crippen LogP contribution in [0.1, 0.15) is 0 Å². The fourth-order valence-electron chi connectivity index (χ4n) is 1.36. The summed E-state index contributed by atoms with van der Waals surface area (Å²) in [7, 11) is -0.735. The zero-order valence-corrected chi connectivity index (χ0v) is 4.52. The molecule has 7 heavy (non-hydrogen) atoms. The minimum Gasteiger partial charge on any atom is -0.359 e. The predicted molar refractivity (Wildman–Crippen MR) is 23.9 cm³/mol. The molecule has 3 fully saturated rings. The minimum absolute atomic E-state index is 0.244. The van der Waals surface area contributed by atoms with Gasteiger partial charge in [0.25, 0.3) is 0 Å². The van der Waals surface area contributed by atoms with Crippen molar-refractivity contribution in [3.05, 3.63) is 0 Å². The Balaban J connectivity index is 2.08. The van der Waals surface area contributed by atoms with Gasteiger partial charge in [-0.1, -0.05) is 4.57 Å². The third kappa shape index (κ3) is 0.159. The van der Waals surface area contributed by atoms with Crippen LogP contribution in [0.15, 0.2) is 0 Å². The molecule has 2 saturated heterocycles. The lowest BCUT2D eigenvalue weighted by Gasteiger charge is -1.71. The van der Waals surface area contributed by atoms with Gasteiger partial charge in [0, 0.05) is 0 Å². The monoisotopic (exact) mass is 115 g/mol. The van der Waals surface area contributed by atoms with E-state index in [1.807, 2.05) is 0 Å². The van der Waals surface area contributed by atoms with E-state index in [1.165, 1.54) is 0 Å². The van der Waals surface area contributed by atoms with Crippen molar-refractivity contribution in [2.75, 3.05) is 6.61 Å². The largest absolute Gasteiger partial charge is 0.361 e. The topological polar surface area (TPSA) is 29.6 Å². The third-order valence-electron chi connectivity index (χ3n) is 2.13. The summed E-state index contributed by atoms with van der Waals surface area (Å²) in [5.41, 5.74) is 1.30. The molecule has 3 heteroatoms. The third-order valence-corrected chi connectivity index (χ3v) is 4.35. The van der Waals surface area contributed by atoms with Crippen molar-refractivity contribution >= 4 is 7.80 Å². The van der Waals surface area contributed by atoms with Crippen LogP contribution in [0, 0.1) is 0 Å². The van der Waals surface area contributed by atoms with Gasteiger partial charge in [-0.15, -0.1) is 0 Å². The van der Waals surface area contributed by atoms with Gasteiger partial charge in [0.15, 0.2) is 5.60 Å². The number of hydrogen-bond donors (Lipinski definition) is 0. The van der Waals surface area contributed by atoms with Crippen molar-refractivity contribution in [2.45, 2.75) is 16.9 Å². The van der Waals surface area contributed by atoms with Crippen LogP contribution in [-0.2, 0) is 9.30 Å². The van der Waals surface area contributed by atoms with E-state index in [1.54, 1.807) is 0 Å². The van der Waals surface area contributed by atoms with Crippen molar-refractivity contribution in [2.24, 2.45) is 0 Å². The first-order valence-corrected chi connectivity index (χ1v) is 3.85. The molecule has 2 unspecified atom stereocenters. The number of epoxide rings is 1. The van der Waals surface area contributed by atoms with E-state index in [-0.39, 0.29) is 5.60 Å². The van der Waals surface area contributed by atoms with Crippen LogP contribution in [0.5, 0.6) is 0 Å². The second-order valence-corrected chi connectivity index (χ2v) is 4.33. The zero-order valence-electron chi connectivity index (χ0n) is 3.63. The maximum Gasteiger partial charge on any atom is 0.361 e. The summed E-state index contributed by atoms with van der Waals surface area (Å²) in [5, 5.41) is 0. The molecule has 1 aliphatic carbocycles. The highest BCUT2D eigenvalue weighted by atomic mass is 31.1. The molecule has 0 aromatic heterocycles. The number of rotatable bonds is 0. The number of ether oxygens (including phenoxy) is 1. The molecule has 0 bridgehead atoms. The normalized spacial score (nSPS) is 75.7. The standard InChI is InChI=1S/C4H4O2P/c5-7-2-3(7)4(2)1-6-4/h2-3H,1H2/q+1. The van der Waals surface area contributed by atoms with Crippen molar-refractivity contribution in [3.63, 3.8) is 0 Å². The van der Waals surface area contributed by atoms with Gasteiger partial charge in [-0.3, -0.25) is 0 Å². The molecular formula is C4H4O2P+. The van der Waals surface area contributed by atoms with Gasteiger partial charge in [0.1, 0.15) is 0 Å². The summed E-state index contributed by atoms with van der Waals surface area (Å²) in [6, 6.07) is 0. The Hall–Kier alpha value is 0.0600. The molecule has 2 heterocycles. The summed E-state index contributed by atoms with van der Waals surface area (Å²) in [6.45, 7) is 0.906. The SMILES string of the molecule is O=[P+]1C2C1C21CO1. The highest BCUT2D eigenvalue weighted by Gasteiger charge is 3.06. The molecule has 2 aliphatic heterocycles. The van der Waals surface area contributed by atoms with Crippen LogP contribution in [0.25, 0.3) is 0 Å². The average Bonchev–Trinajstić information content (AvgIpc) is 2.30. The summed E-state index contributed by atoms with van der Waals surface area (Å²) >= 11 is 0. The van der Waals surface area contributed by atoms with Gasteiger partial charge in [-0.2, -0.15) is 0 Å². The Morgan fingerprint density at radius 2 is 2.29 bits per heavy atom. The average molecular weight is 115 g/mol. The summed E-state index contributed by atoms with van der Waals surface area (Å²) in [4.78, 5) is 0. The molecule has 0 radical (unpaired) electrons. The van der Waals surface area contributed by atoms with Crippen LogP contribution in [0.2, 0.25) is 0 Å².